The van der Waals surface area contributed by atoms with Crippen LogP contribution in [0.1, 0.15) is 19.4 Å². The molecule has 0 spiro atoms. The number of hydrogen-bond donors (Lipinski definition) is 1. The van der Waals surface area contributed by atoms with Crippen LogP contribution in [0.5, 0.6) is 5.75 Å². The van der Waals surface area contributed by atoms with E-state index >= 15 is 0 Å². The van der Waals surface area contributed by atoms with E-state index in [1.807, 2.05) is 0 Å². The SMILES string of the molecule is CC(C)Oc1ccc([N+](=O)[O-])cc1CN1C[C@@H](C(F)(F)F)[C@H](C(=O)O)C1. The maximum Gasteiger partial charge on any atom is 0.393 e. The molecule has 0 bridgehead atoms. The predicted octanol–water partition coefficient (Wildman–Crippen LogP) is 3.08. The summed E-state index contributed by atoms with van der Waals surface area (Å²) in [5, 5.41) is 20.1. The molecule has 1 saturated heterocycles. The van der Waals surface area contributed by atoms with Crippen molar-refractivity contribution in [3.05, 3.63) is 33.9 Å². The molecule has 0 unspecified atom stereocenters. The number of nitrogens with zero attached hydrogens (tertiary/aromatic N) is 2. The fraction of sp³-hybridized carbons (Fsp3) is 0.562. The number of halogens is 3. The number of ether oxygens (including phenoxy) is 1. The molecule has 0 radical (unpaired) electrons. The first-order valence-corrected chi connectivity index (χ1v) is 7.95. The number of non-ortho nitro benzene ring substituents is 1. The Morgan fingerprint density at radius 2 is 2.08 bits per heavy atom. The Morgan fingerprint density at radius 3 is 2.54 bits per heavy atom. The van der Waals surface area contributed by atoms with E-state index in [4.69, 9.17) is 9.84 Å². The van der Waals surface area contributed by atoms with E-state index in [9.17, 15) is 28.1 Å². The molecule has 10 heteroatoms. The van der Waals surface area contributed by atoms with Gasteiger partial charge >= 0.3 is 12.1 Å². The normalized spacial score (nSPS) is 21.2. The van der Waals surface area contributed by atoms with Gasteiger partial charge in [0, 0.05) is 37.3 Å². The van der Waals surface area contributed by atoms with Crippen LogP contribution in [0.15, 0.2) is 18.2 Å². The molecule has 1 aliphatic rings. The number of carbonyl (C=O) groups is 1. The second kappa shape index (κ2) is 7.48. The number of nitro groups is 1. The molecule has 0 saturated carbocycles. The van der Waals surface area contributed by atoms with Crippen LogP contribution >= 0.6 is 0 Å². The van der Waals surface area contributed by atoms with Gasteiger partial charge in [-0.25, -0.2) is 0 Å². The first-order valence-electron chi connectivity index (χ1n) is 7.95. The molecule has 144 valence electrons. The highest BCUT2D eigenvalue weighted by molar-refractivity contribution is 5.71. The van der Waals surface area contributed by atoms with Gasteiger partial charge in [0.25, 0.3) is 5.69 Å². The highest BCUT2D eigenvalue weighted by Crippen LogP contribution is 2.39. The number of likely N-dealkylation sites (tertiary alicyclic amines) is 1. The summed E-state index contributed by atoms with van der Waals surface area (Å²) >= 11 is 0. The van der Waals surface area contributed by atoms with Crippen LogP contribution < -0.4 is 4.74 Å². The molecule has 2 rings (SSSR count). The van der Waals surface area contributed by atoms with Gasteiger partial charge in [-0.15, -0.1) is 0 Å². The summed E-state index contributed by atoms with van der Waals surface area (Å²) in [7, 11) is 0. The van der Waals surface area contributed by atoms with Gasteiger partial charge < -0.3 is 9.84 Å². The Bertz CT molecular complexity index is 693. The van der Waals surface area contributed by atoms with Crippen molar-refractivity contribution in [2.24, 2.45) is 11.8 Å². The maximum absolute atomic E-state index is 13.1. The van der Waals surface area contributed by atoms with Gasteiger partial charge in [0.15, 0.2) is 0 Å². The second-order valence-corrected chi connectivity index (χ2v) is 6.50. The number of carboxylic acids is 1. The standard InChI is InChI=1S/C16H19F3N2O5/c1-9(2)26-14-4-3-11(21(24)25)5-10(14)6-20-7-12(15(22)23)13(8-20)16(17,18)19/h3-5,9,12-13H,6-8H2,1-2H3,(H,22,23)/t12-,13-/m1/s1. The average Bonchev–Trinajstić information content (AvgIpc) is 2.92. The first kappa shape index (κ1) is 20.0. The van der Waals surface area contributed by atoms with Crippen molar-refractivity contribution >= 4 is 11.7 Å². The summed E-state index contributed by atoms with van der Waals surface area (Å²) in [6.45, 7) is 2.66. The molecule has 2 atom stereocenters. The van der Waals surface area contributed by atoms with Crippen molar-refractivity contribution in [3.8, 4) is 5.75 Å². The zero-order valence-electron chi connectivity index (χ0n) is 14.2. The molecule has 7 nitrogen and oxygen atoms in total. The lowest BCUT2D eigenvalue weighted by Gasteiger charge is -2.20. The summed E-state index contributed by atoms with van der Waals surface area (Å²) < 4.78 is 44.9. The molecular weight excluding hydrogens is 357 g/mol. The molecule has 0 aromatic heterocycles. The quantitative estimate of drug-likeness (QED) is 0.606. The minimum atomic E-state index is -4.63. The fourth-order valence-corrected chi connectivity index (χ4v) is 3.01. The molecule has 0 amide bonds. The van der Waals surface area contributed by atoms with Crippen molar-refractivity contribution in [2.45, 2.75) is 32.7 Å². The highest BCUT2D eigenvalue weighted by atomic mass is 19.4. The topological polar surface area (TPSA) is 92.9 Å². The minimum Gasteiger partial charge on any atom is -0.491 e. The number of alkyl halides is 3. The van der Waals surface area contributed by atoms with Gasteiger partial charge in [-0.3, -0.25) is 19.8 Å². The third-order valence-electron chi connectivity index (χ3n) is 4.14. The number of nitro benzene ring substituents is 1. The van der Waals surface area contributed by atoms with E-state index in [0.717, 1.165) is 0 Å². The summed E-state index contributed by atoms with van der Waals surface area (Å²) in [6, 6.07) is 3.90. The lowest BCUT2D eigenvalue weighted by molar-refractivity contribution is -0.385. The van der Waals surface area contributed by atoms with Gasteiger partial charge in [-0.1, -0.05) is 0 Å². The number of benzene rings is 1. The van der Waals surface area contributed by atoms with Crippen molar-refractivity contribution < 1.29 is 32.7 Å². The van der Waals surface area contributed by atoms with E-state index in [0.29, 0.717) is 11.3 Å². The molecule has 1 aliphatic heterocycles. The monoisotopic (exact) mass is 376 g/mol. The lowest BCUT2D eigenvalue weighted by atomic mass is 9.96. The van der Waals surface area contributed by atoms with Gasteiger partial charge in [0.05, 0.1) is 22.9 Å². The van der Waals surface area contributed by atoms with Gasteiger partial charge in [-0.2, -0.15) is 13.2 Å². The smallest absolute Gasteiger partial charge is 0.393 e. The van der Waals surface area contributed by atoms with E-state index in [-0.39, 0.29) is 24.9 Å². The molecule has 1 aromatic rings. The Labute approximate surface area is 147 Å². The van der Waals surface area contributed by atoms with E-state index in [1.165, 1.54) is 23.1 Å². The average molecular weight is 376 g/mol. The van der Waals surface area contributed by atoms with Crippen molar-refractivity contribution in [2.75, 3.05) is 13.1 Å². The fourth-order valence-electron chi connectivity index (χ4n) is 3.01. The third kappa shape index (κ3) is 4.63. The van der Waals surface area contributed by atoms with Crippen LogP contribution in [-0.4, -0.2) is 46.3 Å². The molecular formula is C16H19F3N2O5. The van der Waals surface area contributed by atoms with Crippen LogP contribution in [0, 0.1) is 22.0 Å². The minimum absolute atomic E-state index is 0.0694. The zero-order chi connectivity index (χ0) is 19.6. The van der Waals surface area contributed by atoms with Gasteiger partial charge in [0.1, 0.15) is 5.75 Å². The van der Waals surface area contributed by atoms with Crippen molar-refractivity contribution in [1.29, 1.82) is 0 Å². The highest BCUT2D eigenvalue weighted by Gasteiger charge is 2.52. The van der Waals surface area contributed by atoms with Gasteiger partial charge in [0.2, 0.25) is 0 Å². The second-order valence-electron chi connectivity index (χ2n) is 6.50. The molecule has 26 heavy (non-hydrogen) atoms. The summed E-state index contributed by atoms with van der Waals surface area (Å²) in [6.07, 6.45) is -4.86. The molecule has 1 heterocycles. The zero-order valence-corrected chi connectivity index (χ0v) is 14.2. The first-order chi connectivity index (χ1) is 12.0. The number of rotatable bonds is 6. The van der Waals surface area contributed by atoms with Gasteiger partial charge in [-0.05, 0) is 19.9 Å². The lowest BCUT2D eigenvalue weighted by Crippen LogP contribution is -2.33. The predicted molar refractivity (Wildman–Crippen MR) is 84.8 cm³/mol. The largest absolute Gasteiger partial charge is 0.491 e. The number of aliphatic carboxylic acids is 1. The van der Waals surface area contributed by atoms with Crippen molar-refractivity contribution in [1.82, 2.24) is 4.90 Å². The van der Waals surface area contributed by atoms with E-state index < -0.39 is 35.4 Å². The number of hydrogen-bond acceptors (Lipinski definition) is 5. The van der Waals surface area contributed by atoms with Crippen LogP contribution in [0.2, 0.25) is 0 Å². The van der Waals surface area contributed by atoms with E-state index in [2.05, 4.69) is 0 Å². The van der Waals surface area contributed by atoms with Crippen LogP contribution in [-0.2, 0) is 11.3 Å². The summed E-state index contributed by atoms with van der Waals surface area (Å²) in [5.41, 5.74) is 0.136. The molecule has 1 N–H and O–H groups in total. The Hall–Kier alpha value is -2.36. The number of carboxylic acid groups (broad SMARTS) is 1. The Morgan fingerprint density at radius 1 is 1.42 bits per heavy atom. The summed E-state index contributed by atoms with van der Waals surface area (Å²) in [4.78, 5) is 22.9. The molecule has 1 fully saturated rings. The third-order valence-corrected chi connectivity index (χ3v) is 4.14. The van der Waals surface area contributed by atoms with Crippen LogP contribution in [0.25, 0.3) is 0 Å². The Balaban J connectivity index is 2.27. The molecule has 1 aromatic carbocycles. The summed E-state index contributed by atoms with van der Waals surface area (Å²) in [5.74, 6) is -4.73. The molecule has 0 aliphatic carbocycles. The van der Waals surface area contributed by atoms with Crippen LogP contribution in [0.4, 0.5) is 18.9 Å². The van der Waals surface area contributed by atoms with E-state index in [1.54, 1.807) is 13.8 Å². The van der Waals surface area contributed by atoms with Crippen LogP contribution in [0.3, 0.4) is 0 Å². The Kier molecular flexibility index (Phi) is 5.74. The van der Waals surface area contributed by atoms with Crippen molar-refractivity contribution in [3.63, 3.8) is 0 Å². The maximum atomic E-state index is 13.1.